The lowest BCUT2D eigenvalue weighted by Gasteiger charge is -2.29. The number of esters is 1. The molecule has 0 amide bonds. The fourth-order valence-corrected chi connectivity index (χ4v) is 6.09. The van der Waals surface area contributed by atoms with Crippen molar-refractivity contribution in [3.05, 3.63) is 63.4 Å². The Balaban J connectivity index is 1.89. The number of alkyl halides is 2. The molecule has 2 N–H and O–H groups in total. The molecule has 14 heteroatoms. The fourth-order valence-electron chi connectivity index (χ4n) is 3.99. The van der Waals surface area contributed by atoms with Crippen molar-refractivity contribution in [2.75, 3.05) is 12.8 Å². The summed E-state index contributed by atoms with van der Waals surface area (Å²) in [4.78, 5) is 37.9. The third-order valence-corrected chi connectivity index (χ3v) is 7.97. The number of carbonyl (C=O) groups is 1. The molecular formula is C24H31F2N2O9P. The second-order valence-electron chi connectivity index (χ2n) is 9.37. The summed E-state index contributed by atoms with van der Waals surface area (Å²) in [5, 5.41) is 10.7. The number of rotatable bonds is 11. The summed E-state index contributed by atoms with van der Waals surface area (Å²) in [7, 11) is -4.21. The van der Waals surface area contributed by atoms with Gasteiger partial charge in [0.25, 0.3) is 5.56 Å². The van der Waals surface area contributed by atoms with Crippen molar-refractivity contribution < 1.29 is 41.8 Å². The summed E-state index contributed by atoms with van der Waals surface area (Å²) >= 11 is 0. The Morgan fingerprint density at radius 2 is 1.87 bits per heavy atom. The number of nitrogens with one attached hydrogen (secondary N) is 1. The van der Waals surface area contributed by atoms with Gasteiger partial charge in [-0.1, -0.05) is 25.1 Å². The van der Waals surface area contributed by atoms with Crippen LogP contribution in [0.1, 0.15) is 33.9 Å². The summed E-state index contributed by atoms with van der Waals surface area (Å²) in [6, 6.07) is 8.86. The fraction of sp³-hybridized carbons (Fsp3) is 0.542. The first-order valence-corrected chi connectivity index (χ1v) is 13.6. The average Bonchev–Trinajstić information content (AvgIpc) is 3.10. The number of carbonyl (C=O) groups excluding carboxylic acids is 1. The molecule has 1 aliphatic rings. The highest BCUT2D eigenvalue weighted by Gasteiger charge is 2.61. The standard InChI is InChI=1S/C24H31F2N2O9P/c1-14(2)34-21(31)15(3)12-38(33,37-17-8-6-5-7-9-17)36-16(4)19-20(30)24(26,13-25)22(35-19)28-11-10-18(29)27-23(28)32/h5-11,14-16,19-20,22,30H,12-13H2,1-4H3,(H,27,29,32)/t15-,16-,19-,20+,22-,24?,38?/m1/s1. The van der Waals surface area contributed by atoms with Crippen molar-refractivity contribution in [1.82, 2.24) is 9.55 Å². The van der Waals surface area contributed by atoms with Crippen LogP contribution in [0, 0.1) is 5.92 Å². The number of benzene rings is 1. The summed E-state index contributed by atoms with van der Waals surface area (Å²) in [6.45, 7) is 4.32. The molecule has 2 heterocycles. The Morgan fingerprint density at radius 3 is 2.45 bits per heavy atom. The Hall–Kier alpha value is -2.86. The van der Waals surface area contributed by atoms with E-state index < -0.39 is 79.9 Å². The molecule has 0 saturated carbocycles. The van der Waals surface area contributed by atoms with Gasteiger partial charge in [-0.25, -0.2) is 18.1 Å². The molecule has 0 spiro atoms. The summed E-state index contributed by atoms with van der Waals surface area (Å²) in [5.41, 5.74) is -4.97. The molecule has 38 heavy (non-hydrogen) atoms. The Morgan fingerprint density at radius 1 is 1.21 bits per heavy atom. The van der Waals surface area contributed by atoms with Gasteiger partial charge >= 0.3 is 19.3 Å². The zero-order valence-electron chi connectivity index (χ0n) is 21.3. The van der Waals surface area contributed by atoms with Gasteiger partial charge in [-0.2, -0.15) is 0 Å². The number of para-hydroxylation sites is 1. The minimum absolute atomic E-state index is 0.154. The van der Waals surface area contributed by atoms with Crippen molar-refractivity contribution in [3.8, 4) is 5.75 Å². The predicted molar refractivity (Wildman–Crippen MR) is 132 cm³/mol. The van der Waals surface area contributed by atoms with Crippen LogP contribution >= 0.6 is 7.60 Å². The zero-order valence-corrected chi connectivity index (χ0v) is 22.2. The largest absolute Gasteiger partial charge is 0.463 e. The van der Waals surface area contributed by atoms with Gasteiger partial charge in [0, 0.05) is 12.3 Å². The second kappa shape index (κ2) is 11.9. The molecule has 1 aliphatic heterocycles. The molecule has 3 rings (SSSR count). The number of hydrogen-bond donors (Lipinski definition) is 2. The van der Waals surface area contributed by atoms with Crippen LogP contribution in [0.15, 0.2) is 52.2 Å². The molecule has 1 aromatic heterocycles. The van der Waals surface area contributed by atoms with Gasteiger partial charge < -0.3 is 19.1 Å². The quantitative estimate of drug-likeness (QED) is 0.313. The molecule has 0 aliphatic carbocycles. The highest BCUT2D eigenvalue weighted by Crippen LogP contribution is 2.53. The third-order valence-electron chi connectivity index (χ3n) is 5.84. The van der Waals surface area contributed by atoms with Crippen molar-refractivity contribution in [3.63, 3.8) is 0 Å². The number of aliphatic hydroxyl groups is 1. The number of hydrogen-bond acceptors (Lipinski definition) is 9. The molecule has 1 aromatic carbocycles. The average molecular weight is 560 g/mol. The normalized spacial score (nSPS) is 26.5. The summed E-state index contributed by atoms with van der Waals surface area (Å²) in [5.74, 6) is -1.43. The number of nitrogens with zero attached hydrogens (tertiary/aromatic N) is 1. The van der Waals surface area contributed by atoms with Crippen LogP contribution in [0.25, 0.3) is 0 Å². The van der Waals surface area contributed by atoms with E-state index in [2.05, 4.69) is 0 Å². The maximum absolute atomic E-state index is 15.7. The predicted octanol–water partition coefficient (Wildman–Crippen LogP) is 2.74. The van der Waals surface area contributed by atoms with Crippen LogP contribution in [0.4, 0.5) is 8.78 Å². The zero-order chi connectivity index (χ0) is 28.3. The van der Waals surface area contributed by atoms with Gasteiger partial charge in [-0.05, 0) is 32.9 Å². The van der Waals surface area contributed by atoms with E-state index in [1.807, 2.05) is 4.98 Å². The van der Waals surface area contributed by atoms with Gasteiger partial charge in [0.15, 0.2) is 6.23 Å². The first kappa shape index (κ1) is 29.7. The smallest absolute Gasteiger partial charge is 0.380 e. The van der Waals surface area contributed by atoms with Crippen LogP contribution < -0.4 is 15.8 Å². The van der Waals surface area contributed by atoms with Crippen LogP contribution in [0.5, 0.6) is 5.75 Å². The second-order valence-corrected chi connectivity index (χ2v) is 11.4. The van der Waals surface area contributed by atoms with E-state index in [1.165, 1.54) is 26.0 Å². The third kappa shape index (κ3) is 6.58. The van der Waals surface area contributed by atoms with Gasteiger partial charge in [0.2, 0.25) is 5.67 Å². The molecule has 2 unspecified atom stereocenters. The van der Waals surface area contributed by atoms with Gasteiger partial charge in [-0.3, -0.25) is 23.7 Å². The Bertz CT molecular complexity index is 1270. The minimum atomic E-state index is -4.21. The van der Waals surface area contributed by atoms with E-state index >= 15 is 4.39 Å². The minimum Gasteiger partial charge on any atom is -0.463 e. The summed E-state index contributed by atoms with van der Waals surface area (Å²) < 4.78 is 66.1. The molecule has 1 fully saturated rings. The SMILES string of the molecule is CC(C)OC(=O)[C@H](C)CP(=O)(Oc1ccccc1)O[C@H](C)[C@H]1O[C@@H](n2ccc(=O)[nH]c2=O)C(F)(CF)[C@H]1O. The van der Waals surface area contributed by atoms with E-state index in [9.17, 15) is 28.4 Å². The van der Waals surface area contributed by atoms with Crippen molar-refractivity contribution >= 4 is 13.6 Å². The number of aromatic amines is 1. The molecule has 0 bridgehead atoms. The molecule has 210 valence electrons. The molecule has 2 aromatic rings. The highest BCUT2D eigenvalue weighted by molar-refractivity contribution is 7.54. The lowest BCUT2D eigenvalue weighted by atomic mass is 9.95. The molecule has 11 nitrogen and oxygen atoms in total. The number of aromatic nitrogens is 2. The van der Waals surface area contributed by atoms with Crippen LogP contribution in [-0.2, 0) is 23.4 Å². The molecule has 1 saturated heterocycles. The van der Waals surface area contributed by atoms with E-state index in [0.29, 0.717) is 4.57 Å². The van der Waals surface area contributed by atoms with Gasteiger partial charge in [0.05, 0.1) is 24.3 Å². The number of ether oxygens (including phenoxy) is 2. The van der Waals surface area contributed by atoms with Gasteiger partial charge in [0.1, 0.15) is 24.6 Å². The van der Waals surface area contributed by atoms with Crippen molar-refractivity contribution in [2.24, 2.45) is 5.92 Å². The molecule has 0 radical (unpaired) electrons. The Labute approximate surface area is 217 Å². The number of H-pyrrole nitrogens is 1. The lowest BCUT2D eigenvalue weighted by Crippen LogP contribution is -2.48. The van der Waals surface area contributed by atoms with E-state index in [1.54, 1.807) is 32.0 Å². The van der Waals surface area contributed by atoms with Crippen molar-refractivity contribution in [2.45, 2.75) is 64.0 Å². The van der Waals surface area contributed by atoms with Gasteiger partial charge in [-0.15, -0.1) is 0 Å². The van der Waals surface area contributed by atoms with Crippen LogP contribution in [0.2, 0.25) is 0 Å². The van der Waals surface area contributed by atoms with Crippen molar-refractivity contribution in [1.29, 1.82) is 0 Å². The van der Waals surface area contributed by atoms with Crippen LogP contribution in [0.3, 0.4) is 0 Å². The first-order valence-electron chi connectivity index (χ1n) is 11.9. The van der Waals surface area contributed by atoms with E-state index in [4.69, 9.17) is 18.5 Å². The number of aliphatic hydroxyl groups excluding tert-OH is 1. The maximum atomic E-state index is 15.7. The monoisotopic (exact) mass is 560 g/mol. The van der Waals surface area contributed by atoms with E-state index in [0.717, 1.165) is 12.3 Å². The Kier molecular flexibility index (Phi) is 9.30. The topological polar surface area (TPSA) is 146 Å². The first-order chi connectivity index (χ1) is 17.8. The maximum Gasteiger partial charge on any atom is 0.380 e. The lowest BCUT2D eigenvalue weighted by molar-refractivity contribution is -0.151. The highest BCUT2D eigenvalue weighted by atomic mass is 31.2. The molecule has 7 atom stereocenters. The number of halogens is 2. The molecular weight excluding hydrogens is 529 g/mol. The van der Waals surface area contributed by atoms with E-state index in [-0.39, 0.29) is 5.75 Å². The summed E-state index contributed by atoms with van der Waals surface area (Å²) in [6.07, 6.45) is -7.09. The van der Waals surface area contributed by atoms with Crippen LogP contribution in [-0.4, -0.2) is 63.5 Å².